The smallest absolute Gasteiger partial charge is 0.304 e. The van der Waals surface area contributed by atoms with Crippen LogP contribution in [-0.4, -0.2) is 18.7 Å². The van der Waals surface area contributed by atoms with Crippen LogP contribution in [0.15, 0.2) is 66.7 Å². The summed E-state index contributed by atoms with van der Waals surface area (Å²) in [6.45, 7) is 3.67. The third-order valence-electron chi connectivity index (χ3n) is 4.28. The summed E-state index contributed by atoms with van der Waals surface area (Å²) in [6.07, 6.45) is -1.19. The highest BCUT2D eigenvalue weighted by molar-refractivity contribution is 5.84. The van der Waals surface area contributed by atoms with E-state index in [0.29, 0.717) is 28.6 Å². The molecule has 3 rings (SSSR count). The molecule has 150 valence electrons. The molecule has 0 radical (unpaired) electrons. The average molecular weight is 392 g/mol. The largest absolute Gasteiger partial charge is 0.485 e. The lowest BCUT2D eigenvalue weighted by Crippen LogP contribution is -2.37. The van der Waals surface area contributed by atoms with Gasteiger partial charge in [0.15, 0.2) is 6.61 Å². The van der Waals surface area contributed by atoms with Gasteiger partial charge < -0.3 is 25.7 Å². The van der Waals surface area contributed by atoms with E-state index in [4.69, 9.17) is 25.7 Å². The Morgan fingerprint density at radius 2 is 1.24 bits per heavy atom. The summed E-state index contributed by atoms with van der Waals surface area (Å²) >= 11 is 0. The molecule has 0 amide bonds. The van der Waals surface area contributed by atoms with E-state index in [9.17, 15) is 4.79 Å². The number of anilines is 2. The van der Waals surface area contributed by atoms with Crippen LogP contribution in [0.3, 0.4) is 0 Å². The maximum atomic E-state index is 12.9. The number of hydrogen-bond acceptors (Lipinski definition) is 6. The van der Waals surface area contributed by atoms with Gasteiger partial charge in [-0.15, -0.1) is 0 Å². The van der Waals surface area contributed by atoms with Crippen molar-refractivity contribution in [2.24, 2.45) is 0 Å². The number of ketones is 1. The number of para-hydroxylation sites is 1. The van der Waals surface area contributed by atoms with E-state index in [1.165, 1.54) is 0 Å². The van der Waals surface area contributed by atoms with Crippen molar-refractivity contribution in [3.8, 4) is 17.2 Å². The number of nitrogens with two attached hydrogens (primary N) is 2. The number of carbonyl (C=O) groups is 1. The van der Waals surface area contributed by atoms with Crippen molar-refractivity contribution in [3.63, 3.8) is 0 Å². The van der Waals surface area contributed by atoms with Gasteiger partial charge in [-0.3, -0.25) is 4.79 Å². The van der Waals surface area contributed by atoms with Gasteiger partial charge in [0, 0.05) is 11.4 Å². The number of Topliss-reactive ketones (excluding diaryl/α,β-unsaturated/α-hetero) is 1. The highest BCUT2D eigenvalue weighted by atomic mass is 16.7. The fourth-order valence-corrected chi connectivity index (χ4v) is 2.73. The third kappa shape index (κ3) is 5.42. The second kappa shape index (κ2) is 9.01. The standard InChI is InChI=1S/C23H24N2O4/c1-15-4-3-5-16(2)22(15)27-14-21(26)23(28-19-10-6-17(24)7-11-19)29-20-12-8-18(25)9-13-20/h3-13,23H,14,24-25H2,1-2H3. The summed E-state index contributed by atoms with van der Waals surface area (Å²) in [4.78, 5) is 12.9. The van der Waals surface area contributed by atoms with Crippen LogP contribution < -0.4 is 25.7 Å². The van der Waals surface area contributed by atoms with Crippen LogP contribution >= 0.6 is 0 Å². The maximum absolute atomic E-state index is 12.9. The number of aryl methyl sites for hydroxylation is 2. The van der Waals surface area contributed by atoms with Crippen LogP contribution in [0.5, 0.6) is 17.2 Å². The number of ether oxygens (including phenoxy) is 3. The summed E-state index contributed by atoms with van der Waals surface area (Å²) < 4.78 is 17.3. The van der Waals surface area contributed by atoms with Crippen LogP contribution in [0.25, 0.3) is 0 Å². The molecule has 0 bridgehead atoms. The summed E-state index contributed by atoms with van der Waals surface area (Å²) in [5.74, 6) is 1.24. The zero-order chi connectivity index (χ0) is 20.8. The van der Waals surface area contributed by atoms with E-state index >= 15 is 0 Å². The molecule has 6 heteroatoms. The monoisotopic (exact) mass is 392 g/mol. The van der Waals surface area contributed by atoms with Gasteiger partial charge in [-0.25, -0.2) is 0 Å². The molecule has 3 aromatic carbocycles. The van der Waals surface area contributed by atoms with Gasteiger partial charge in [-0.2, -0.15) is 0 Å². The van der Waals surface area contributed by atoms with Crippen molar-refractivity contribution in [2.75, 3.05) is 18.1 Å². The van der Waals surface area contributed by atoms with Crippen LogP contribution in [0.1, 0.15) is 11.1 Å². The SMILES string of the molecule is Cc1cccc(C)c1OCC(=O)C(Oc1ccc(N)cc1)Oc1ccc(N)cc1. The molecule has 0 spiro atoms. The van der Waals surface area contributed by atoms with Gasteiger partial charge in [0.05, 0.1) is 0 Å². The summed E-state index contributed by atoms with van der Waals surface area (Å²) in [6, 6.07) is 19.3. The molecule has 0 aromatic heterocycles. The van der Waals surface area contributed by atoms with Gasteiger partial charge >= 0.3 is 6.29 Å². The van der Waals surface area contributed by atoms with Crippen LogP contribution in [-0.2, 0) is 4.79 Å². The molecule has 29 heavy (non-hydrogen) atoms. The Labute approximate surface area is 170 Å². The molecule has 0 aliphatic carbocycles. The molecule has 4 N–H and O–H groups in total. The molecule has 0 aliphatic rings. The molecule has 0 unspecified atom stereocenters. The van der Waals surface area contributed by atoms with Crippen LogP contribution in [0.4, 0.5) is 11.4 Å². The predicted molar refractivity (Wildman–Crippen MR) is 113 cm³/mol. The second-order valence-corrected chi connectivity index (χ2v) is 6.68. The summed E-state index contributed by atoms with van der Waals surface area (Å²) in [7, 11) is 0. The molecule has 6 nitrogen and oxygen atoms in total. The van der Waals surface area contributed by atoms with Crippen molar-refractivity contribution in [3.05, 3.63) is 77.9 Å². The minimum Gasteiger partial charge on any atom is -0.485 e. The van der Waals surface area contributed by atoms with Crippen molar-refractivity contribution in [1.82, 2.24) is 0 Å². The van der Waals surface area contributed by atoms with E-state index in [1.807, 2.05) is 32.0 Å². The zero-order valence-corrected chi connectivity index (χ0v) is 16.4. The van der Waals surface area contributed by atoms with Crippen molar-refractivity contribution in [1.29, 1.82) is 0 Å². The first kappa shape index (κ1) is 20.1. The first-order chi connectivity index (χ1) is 13.9. The number of nitrogen functional groups attached to an aromatic ring is 2. The number of hydrogen-bond donors (Lipinski definition) is 2. The Kier molecular flexibility index (Phi) is 6.24. The number of carbonyl (C=O) groups excluding carboxylic acids is 1. The molecular weight excluding hydrogens is 368 g/mol. The molecule has 0 fully saturated rings. The normalized spacial score (nSPS) is 10.6. The Morgan fingerprint density at radius 3 is 1.69 bits per heavy atom. The molecule has 0 saturated heterocycles. The van der Waals surface area contributed by atoms with Crippen LogP contribution in [0.2, 0.25) is 0 Å². The minimum absolute atomic E-state index is 0.194. The first-order valence-electron chi connectivity index (χ1n) is 9.18. The predicted octanol–water partition coefficient (Wildman–Crippen LogP) is 3.90. The molecule has 0 aliphatic heterocycles. The third-order valence-corrected chi connectivity index (χ3v) is 4.28. The van der Waals surface area contributed by atoms with Crippen LogP contribution in [0, 0.1) is 13.8 Å². The Morgan fingerprint density at radius 1 is 0.793 bits per heavy atom. The van der Waals surface area contributed by atoms with Crippen molar-refractivity contribution >= 4 is 17.2 Å². The lowest BCUT2D eigenvalue weighted by molar-refractivity contribution is -0.140. The summed E-state index contributed by atoms with van der Waals surface area (Å²) in [5, 5.41) is 0. The Balaban J connectivity index is 1.76. The fraction of sp³-hybridized carbons (Fsp3) is 0.174. The molecule has 0 saturated carbocycles. The second-order valence-electron chi connectivity index (χ2n) is 6.68. The molecule has 0 heterocycles. The summed E-state index contributed by atoms with van der Waals surface area (Å²) in [5.41, 5.74) is 14.5. The molecular formula is C23H24N2O4. The van der Waals surface area contributed by atoms with E-state index in [2.05, 4.69) is 0 Å². The van der Waals surface area contributed by atoms with E-state index in [1.54, 1.807) is 48.5 Å². The quantitative estimate of drug-likeness (QED) is 0.446. The lowest BCUT2D eigenvalue weighted by atomic mass is 10.1. The number of benzene rings is 3. The van der Waals surface area contributed by atoms with Crippen molar-refractivity contribution in [2.45, 2.75) is 20.1 Å². The number of rotatable bonds is 8. The maximum Gasteiger partial charge on any atom is 0.304 e. The van der Waals surface area contributed by atoms with Gasteiger partial charge in [0.1, 0.15) is 17.2 Å². The van der Waals surface area contributed by atoms with Gasteiger partial charge in [0.2, 0.25) is 0 Å². The average Bonchev–Trinajstić information content (AvgIpc) is 2.70. The van der Waals surface area contributed by atoms with E-state index in [-0.39, 0.29) is 12.4 Å². The fourth-order valence-electron chi connectivity index (χ4n) is 2.73. The van der Waals surface area contributed by atoms with Gasteiger partial charge in [-0.1, -0.05) is 18.2 Å². The van der Waals surface area contributed by atoms with Gasteiger partial charge in [-0.05, 0) is 73.5 Å². The lowest BCUT2D eigenvalue weighted by Gasteiger charge is -2.20. The van der Waals surface area contributed by atoms with Gasteiger partial charge in [0.25, 0.3) is 5.78 Å². The highest BCUT2D eigenvalue weighted by Crippen LogP contribution is 2.23. The Bertz CT molecular complexity index is 901. The topological polar surface area (TPSA) is 96.8 Å². The molecule has 3 aromatic rings. The molecule has 0 atom stereocenters. The van der Waals surface area contributed by atoms with E-state index < -0.39 is 6.29 Å². The highest BCUT2D eigenvalue weighted by Gasteiger charge is 2.24. The minimum atomic E-state index is -1.19. The van der Waals surface area contributed by atoms with Crippen molar-refractivity contribution < 1.29 is 19.0 Å². The zero-order valence-electron chi connectivity index (χ0n) is 16.4. The van der Waals surface area contributed by atoms with E-state index in [0.717, 1.165) is 11.1 Å². The first-order valence-corrected chi connectivity index (χ1v) is 9.18. The Hall–Kier alpha value is -3.67.